The highest BCUT2D eigenvalue weighted by molar-refractivity contribution is 5.67. The normalized spacial score (nSPS) is 15.3. The van der Waals surface area contributed by atoms with Gasteiger partial charge in [0.15, 0.2) is 0 Å². The number of nitriles is 1. The predicted molar refractivity (Wildman–Crippen MR) is 77.5 cm³/mol. The van der Waals surface area contributed by atoms with E-state index in [0.717, 1.165) is 34.6 Å². The third-order valence-electron chi connectivity index (χ3n) is 3.49. The van der Waals surface area contributed by atoms with Crippen molar-refractivity contribution in [2.75, 3.05) is 0 Å². The summed E-state index contributed by atoms with van der Waals surface area (Å²) in [5.74, 6) is 0.730. The highest BCUT2D eigenvalue weighted by atomic mass is 16.5. The molecule has 2 heterocycles. The average molecular weight is 264 g/mol. The van der Waals surface area contributed by atoms with E-state index in [9.17, 15) is 5.26 Å². The van der Waals surface area contributed by atoms with Crippen molar-refractivity contribution >= 4 is 0 Å². The molecule has 100 valence electrons. The number of aromatic nitrogens is 1. The molecule has 0 spiro atoms. The zero-order valence-electron chi connectivity index (χ0n) is 11.9. The predicted octanol–water partition coefficient (Wildman–Crippen LogP) is 3.64. The molecule has 0 bridgehead atoms. The van der Waals surface area contributed by atoms with E-state index >= 15 is 0 Å². The molecule has 1 aromatic carbocycles. The molecule has 3 nitrogen and oxygen atoms in total. The zero-order chi connectivity index (χ0) is 14.3. The number of rotatable bonds is 1. The molecule has 1 aliphatic heterocycles. The molecule has 0 radical (unpaired) electrons. The fourth-order valence-electron chi connectivity index (χ4n) is 2.58. The Bertz CT molecular complexity index is 709. The van der Waals surface area contributed by atoms with Gasteiger partial charge in [-0.05, 0) is 44.5 Å². The Morgan fingerprint density at radius 1 is 1.30 bits per heavy atom. The average Bonchev–Trinajstić information content (AvgIpc) is 2.72. The Hall–Kier alpha value is -2.34. The summed E-state index contributed by atoms with van der Waals surface area (Å²) in [6.07, 6.45) is 2.66. The maximum absolute atomic E-state index is 9.34. The molecule has 3 rings (SSSR count). The largest absolute Gasteiger partial charge is 0.486 e. The van der Waals surface area contributed by atoms with Crippen LogP contribution in [-0.2, 0) is 6.42 Å². The lowest BCUT2D eigenvalue weighted by Gasteiger charge is -2.17. The SMILES string of the molecule is Cc1ccc(-c2cc(C#N)c3c(c2)CC(C)(C)O3)nc1. The molecule has 0 aliphatic carbocycles. The quantitative estimate of drug-likeness (QED) is 0.790. The zero-order valence-corrected chi connectivity index (χ0v) is 11.9. The van der Waals surface area contributed by atoms with Crippen molar-refractivity contribution in [1.82, 2.24) is 4.98 Å². The minimum absolute atomic E-state index is 0.243. The van der Waals surface area contributed by atoms with E-state index < -0.39 is 0 Å². The van der Waals surface area contributed by atoms with Crippen LogP contribution in [0.5, 0.6) is 5.75 Å². The van der Waals surface area contributed by atoms with E-state index in [1.165, 1.54) is 0 Å². The molecule has 0 fully saturated rings. The van der Waals surface area contributed by atoms with Gasteiger partial charge in [-0.1, -0.05) is 6.07 Å². The first-order chi connectivity index (χ1) is 9.48. The number of fused-ring (bicyclic) bond motifs is 1. The van der Waals surface area contributed by atoms with Crippen LogP contribution in [0.1, 0.15) is 30.5 Å². The lowest BCUT2D eigenvalue weighted by atomic mass is 9.97. The Balaban J connectivity index is 2.12. The van der Waals surface area contributed by atoms with E-state index in [1.54, 1.807) is 0 Å². The third kappa shape index (κ3) is 2.14. The molecular formula is C17H16N2O. The third-order valence-corrected chi connectivity index (χ3v) is 3.49. The van der Waals surface area contributed by atoms with E-state index in [-0.39, 0.29) is 5.60 Å². The molecule has 1 aromatic heterocycles. The summed E-state index contributed by atoms with van der Waals surface area (Å²) in [5.41, 5.74) is 4.42. The number of pyridine rings is 1. The number of hydrogen-bond donors (Lipinski definition) is 0. The van der Waals surface area contributed by atoms with Crippen LogP contribution in [-0.4, -0.2) is 10.6 Å². The summed E-state index contributed by atoms with van der Waals surface area (Å²) in [4.78, 5) is 4.44. The lowest BCUT2D eigenvalue weighted by Crippen LogP contribution is -2.24. The molecule has 0 N–H and O–H groups in total. The summed E-state index contributed by atoms with van der Waals surface area (Å²) in [5, 5.41) is 9.34. The summed E-state index contributed by atoms with van der Waals surface area (Å²) in [6, 6.07) is 10.2. The van der Waals surface area contributed by atoms with Gasteiger partial charge in [0, 0.05) is 23.7 Å². The van der Waals surface area contributed by atoms with Crippen molar-refractivity contribution in [2.45, 2.75) is 32.8 Å². The van der Waals surface area contributed by atoms with Crippen LogP contribution < -0.4 is 4.74 Å². The Labute approximate surface area is 118 Å². The Morgan fingerprint density at radius 3 is 2.75 bits per heavy atom. The molecular weight excluding hydrogens is 248 g/mol. The first-order valence-electron chi connectivity index (χ1n) is 6.67. The highest BCUT2D eigenvalue weighted by Crippen LogP contribution is 2.39. The number of hydrogen-bond acceptors (Lipinski definition) is 3. The van der Waals surface area contributed by atoms with E-state index in [2.05, 4.69) is 17.1 Å². The highest BCUT2D eigenvalue weighted by Gasteiger charge is 2.32. The van der Waals surface area contributed by atoms with Crippen LogP contribution in [0.2, 0.25) is 0 Å². The van der Waals surface area contributed by atoms with Gasteiger partial charge >= 0.3 is 0 Å². The monoisotopic (exact) mass is 264 g/mol. The van der Waals surface area contributed by atoms with Crippen LogP contribution in [0.4, 0.5) is 0 Å². The maximum Gasteiger partial charge on any atom is 0.141 e. The molecule has 3 heteroatoms. The minimum atomic E-state index is -0.243. The van der Waals surface area contributed by atoms with Gasteiger partial charge in [-0.25, -0.2) is 0 Å². The summed E-state index contributed by atoms with van der Waals surface area (Å²) >= 11 is 0. The van der Waals surface area contributed by atoms with Crippen molar-refractivity contribution in [2.24, 2.45) is 0 Å². The summed E-state index contributed by atoms with van der Waals surface area (Å²) in [6.45, 7) is 6.09. The first-order valence-corrected chi connectivity index (χ1v) is 6.67. The second-order valence-electron chi connectivity index (χ2n) is 5.88. The van der Waals surface area contributed by atoms with Gasteiger partial charge in [-0.2, -0.15) is 5.26 Å². The van der Waals surface area contributed by atoms with Crippen molar-refractivity contribution in [1.29, 1.82) is 5.26 Å². The van der Waals surface area contributed by atoms with Crippen molar-refractivity contribution in [3.05, 3.63) is 47.2 Å². The molecule has 0 saturated carbocycles. The van der Waals surface area contributed by atoms with Gasteiger partial charge in [0.1, 0.15) is 17.4 Å². The Morgan fingerprint density at radius 2 is 2.10 bits per heavy atom. The van der Waals surface area contributed by atoms with Crippen LogP contribution in [0.15, 0.2) is 30.5 Å². The Kier molecular flexibility index (Phi) is 2.76. The molecule has 0 saturated heterocycles. The van der Waals surface area contributed by atoms with Gasteiger partial charge < -0.3 is 4.74 Å². The number of aryl methyl sites for hydroxylation is 1. The maximum atomic E-state index is 9.34. The van der Waals surface area contributed by atoms with Gasteiger partial charge in [0.05, 0.1) is 11.3 Å². The fraction of sp³-hybridized carbons (Fsp3) is 0.294. The second kappa shape index (κ2) is 4.35. The van der Waals surface area contributed by atoms with Gasteiger partial charge in [0.25, 0.3) is 0 Å². The van der Waals surface area contributed by atoms with Crippen LogP contribution >= 0.6 is 0 Å². The molecule has 20 heavy (non-hydrogen) atoms. The van der Waals surface area contributed by atoms with Crippen LogP contribution in [0, 0.1) is 18.3 Å². The summed E-state index contributed by atoms with van der Waals surface area (Å²) in [7, 11) is 0. The lowest BCUT2D eigenvalue weighted by molar-refractivity contribution is 0.138. The van der Waals surface area contributed by atoms with Crippen molar-refractivity contribution < 1.29 is 4.74 Å². The van der Waals surface area contributed by atoms with E-state index in [1.807, 2.05) is 45.2 Å². The standard InChI is InChI=1S/C17H16N2O/c1-11-4-5-15(19-10-11)12-6-13-8-17(2,3)20-16(13)14(7-12)9-18/h4-7,10H,8H2,1-3H3. The van der Waals surface area contributed by atoms with Crippen LogP contribution in [0.25, 0.3) is 11.3 Å². The van der Waals surface area contributed by atoms with Crippen LogP contribution in [0.3, 0.4) is 0 Å². The van der Waals surface area contributed by atoms with Gasteiger partial charge in [-0.3, -0.25) is 4.98 Å². The minimum Gasteiger partial charge on any atom is -0.486 e. The molecule has 0 atom stereocenters. The van der Waals surface area contributed by atoms with Gasteiger partial charge in [-0.15, -0.1) is 0 Å². The van der Waals surface area contributed by atoms with Crippen molar-refractivity contribution in [3.8, 4) is 23.1 Å². The molecule has 2 aromatic rings. The molecule has 0 unspecified atom stereocenters. The first kappa shape index (κ1) is 12.7. The molecule has 1 aliphatic rings. The molecule has 0 amide bonds. The number of benzene rings is 1. The van der Waals surface area contributed by atoms with Crippen molar-refractivity contribution in [3.63, 3.8) is 0 Å². The topological polar surface area (TPSA) is 45.9 Å². The smallest absolute Gasteiger partial charge is 0.141 e. The summed E-state index contributed by atoms with van der Waals surface area (Å²) < 4.78 is 5.88. The van der Waals surface area contributed by atoms with E-state index in [0.29, 0.717) is 5.56 Å². The second-order valence-corrected chi connectivity index (χ2v) is 5.88. The number of nitrogens with zero attached hydrogens (tertiary/aromatic N) is 2. The number of ether oxygens (including phenoxy) is 1. The van der Waals surface area contributed by atoms with Gasteiger partial charge in [0.2, 0.25) is 0 Å². The fourth-order valence-corrected chi connectivity index (χ4v) is 2.58. The van der Waals surface area contributed by atoms with E-state index in [4.69, 9.17) is 4.74 Å².